The zero-order valence-corrected chi connectivity index (χ0v) is 10.2. The first-order chi connectivity index (χ1) is 7.09. The molecule has 90 valence electrons. The molecule has 0 aliphatic heterocycles. The third kappa shape index (κ3) is 117. The molecule has 0 aliphatic carbocycles. The van der Waals surface area contributed by atoms with Gasteiger partial charge in [-0.05, 0) is 28.2 Å². The summed E-state index contributed by atoms with van der Waals surface area (Å²) < 4.78 is 0. The van der Waals surface area contributed by atoms with E-state index in [4.69, 9.17) is 19.8 Å². The number of rotatable bonds is 3. The third-order valence-electron chi connectivity index (χ3n) is 0.994. The zero-order chi connectivity index (χ0) is 13.7. The molecule has 0 amide bonds. The molecule has 0 unspecified atom stereocenters. The Morgan fingerprint density at radius 3 is 1.06 bits per heavy atom. The van der Waals surface area contributed by atoms with Crippen molar-refractivity contribution in [2.24, 2.45) is 0 Å². The van der Waals surface area contributed by atoms with Crippen LogP contribution in [0.15, 0.2) is 0 Å². The maximum Gasteiger partial charge on any atom is 0.233 e. The molecular formula is C8H18B2N2O4. The Morgan fingerprint density at radius 2 is 1.00 bits per heavy atom. The minimum Gasteiger partial charge on any atom is -0.490 e. The Labute approximate surface area is 99.0 Å². The van der Waals surface area contributed by atoms with Crippen molar-refractivity contribution in [1.82, 2.24) is 9.80 Å². The van der Waals surface area contributed by atoms with Gasteiger partial charge in [0.05, 0.1) is 0 Å². The number of likely N-dealkylation sites (N-methyl/N-ethyl adjacent to an activating group) is 2. The normalized spacial score (nSPS) is 8.62. The molecule has 0 rings (SSSR count). The van der Waals surface area contributed by atoms with E-state index in [2.05, 4.69) is 53.7 Å². The summed E-state index contributed by atoms with van der Waals surface area (Å²) in [5, 5.41) is 14.4. The minimum absolute atomic E-state index is 1.15. The quantitative estimate of drug-likeness (QED) is 0.649. The van der Waals surface area contributed by atoms with E-state index in [1.807, 2.05) is 0 Å². The van der Waals surface area contributed by atoms with E-state index < -0.39 is 11.7 Å². The van der Waals surface area contributed by atoms with Crippen LogP contribution in [0.4, 0.5) is 9.59 Å². The van der Waals surface area contributed by atoms with Crippen LogP contribution in [0.2, 0.25) is 0 Å². The molecule has 0 heterocycles. The van der Waals surface area contributed by atoms with Crippen LogP contribution in [0.3, 0.4) is 0 Å². The summed E-state index contributed by atoms with van der Waals surface area (Å²) in [6, 6.07) is 0. The van der Waals surface area contributed by atoms with Crippen molar-refractivity contribution in [2.75, 3.05) is 41.3 Å². The van der Waals surface area contributed by atoms with Gasteiger partial charge in [0.15, 0.2) is 0 Å². The highest BCUT2D eigenvalue weighted by Crippen LogP contribution is 1.76. The number of carbonyl (C=O) groups is 2. The highest BCUT2D eigenvalue weighted by Gasteiger charge is 1.89. The summed E-state index contributed by atoms with van der Waals surface area (Å²) in [5.41, 5.74) is 0. The topological polar surface area (TPSA) is 81.1 Å². The van der Waals surface area contributed by atoms with Gasteiger partial charge in [0.25, 0.3) is 0 Å². The second kappa shape index (κ2) is 14.0. The molecule has 0 aromatic heterocycles. The summed E-state index contributed by atoms with van der Waals surface area (Å²) >= 11 is 0. The summed E-state index contributed by atoms with van der Waals surface area (Å²) in [7, 11) is 16.4. The van der Waals surface area contributed by atoms with Crippen LogP contribution in [0.25, 0.3) is 0 Å². The monoisotopic (exact) mass is 228 g/mol. The molecule has 8 heteroatoms. The van der Waals surface area contributed by atoms with E-state index in [0.29, 0.717) is 0 Å². The fourth-order valence-corrected chi connectivity index (χ4v) is 0.400. The van der Waals surface area contributed by atoms with Crippen LogP contribution in [0.1, 0.15) is 0 Å². The molecule has 0 aromatic rings. The standard InChI is InChI=1S/C6H16N2.2CHBO2/c1-7(2)5-6-8(3)4;2*2-1(3)4/h5-6H2,1-4H3;2*(H,3,4). The van der Waals surface area contributed by atoms with E-state index in [9.17, 15) is 0 Å². The minimum atomic E-state index is -1.33. The van der Waals surface area contributed by atoms with Crippen molar-refractivity contribution in [3.05, 3.63) is 0 Å². The van der Waals surface area contributed by atoms with Crippen molar-refractivity contribution < 1.29 is 19.8 Å². The number of hydrogen-bond acceptors (Lipinski definition) is 4. The molecule has 0 atom stereocenters. The van der Waals surface area contributed by atoms with Gasteiger partial charge < -0.3 is 20.0 Å². The van der Waals surface area contributed by atoms with Crippen molar-refractivity contribution >= 4 is 27.4 Å². The van der Waals surface area contributed by atoms with Crippen LogP contribution < -0.4 is 0 Å². The second-order valence-electron chi connectivity index (χ2n) is 3.28. The summed E-state index contributed by atoms with van der Waals surface area (Å²) in [4.78, 5) is 21.9. The maximum absolute atomic E-state index is 8.78. The summed E-state index contributed by atoms with van der Waals surface area (Å²) in [5.74, 6) is -2.67. The number of hydrogen-bond donors (Lipinski definition) is 2. The predicted octanol–water partition coefficient (Wildman–Crippen LogP) is -0.225. The SMILES string of the molecule is CN(C)CCN(C)C.[B]C(=O)O.[B]C(=O)O. The Hall–Kier alpha value is -1.01. The highest BCUT2D eigenvalue weighted by atomic mass is 16.4. The molecule has 2 N–H and O–H groups in total. The van der Waals surface area contributed by atoms with Gasteiger partial charge in [0.1, 0.15) is 0 Å². The molecule has 6 nitrogen and oxygen atoms in total. The fourth-order valence-electron chi connectivity index (χ4n) is 0.400. The maximum atomic E-state index is 8.78. The Kier molecular flexibility index (Phi) is 17.8. The molecule has 0 saturated carbocycles. The Bertz CT molecular complexity index is 161. The lowest BCUT2D eigenvalue weighted by Crippen LogP contribution is -2.25. The van der Waals surface area contributed by atoms with Crippen LogP contribution in [0.5, 0.6) is 0 Å². The van der Waals surface area contributed by atoms with Gasteiger partial charge in [-0.2, -0.15) is 0 Å². The van der Waals surface area contributed by atoms with Crippen molar-refractivity contribution in [2.45, 2.75) is 0 Å². The van der Waals surface area contributed by atoms with E-state index in [0.717, 1.165) is 13.1 Å². The highest BCUT2D eigenvalue weighted by molar-refractivity contribution is 6.54. The van der Waals surface area contributed by atoms with E-state index in [1.165, 1.54) is 0 Å². The number of nitrogens with zero attached hydrogens (tertiary/aromatic N) is 2. The van der Waals surface area contributed by atoms with Crippen LogP contribution in [0, 0.1) is 0 Å². The second-order valence-corrected chi connectivity index (χ2v) is 3.28. The third-order valence-corrected chi connectivity index (χ3v) is 0.994. The first-order valence-electron chi connectivity index (χ1n) is 4.35. The molecule has 0 aliphatic rings. The van der Waals surface area contributed by atoms with Gasteiger partial charge in [-0.1, -0.05) is 0 Å². The smallest absolute Gasteiger partial charge is 0.233 e. The molecule has 0 fully saturated rings. The lowest BCUT2D eigenvalue weighted by atomic mass is 10.2. The van der Waals surface area contributed by atoms with Crippen LogP contribution >= 0.6 is 0 Å². The number of carboxylic acid groups (broad SMARTS) is 2. The van der Waals surface area contributed by atoms with Crippen molar-refractivity contribution in [3.8, 4) is 0 Å². The van der Waals surface area contributed by atoms with Gasteiger partial charge in [-0.25, -0.2) is 0 Å². The molecule has 0 bridgehead atoms. The van der Waals surface area contributed by atoms with E-state index >= 15 is 0 Å². The van der Waals surface area contributed by atoms with Gasteiger partial charge in [0.2, 0.25) is 27.4 Å². The van der Waals surface area contributed by atoms with Gasteiger partial charge in [-0.15, -0.1) is 0 Å². The van der Waals surface area contributed by atoms with Gasteiger partial charge in [0, 0.05) is 13.1 Å². The molecule has 0 saturated heterocycles. The summed E-state index contributed by atoms with van der Waals surface area (Å²) in [6.45, 7) is 2.29. The summed E-state index contributed by atoms with van der Waals surface area (Å²) in [6.07, 6.45) is 0. The average molecular weight is 228 g/mol. The van der Waals surface area contributed by atoms with Gasteiger partial charge in [-0.3, -0.25) is 9.59 Å². The van der Waals surface area contributed by atoms with E-state index in [1.54, 1.807) is 0 Å². The molecule has 0 spiro atoms. The first kappa shape index (κ1) is 20.4. The Morgan fingerprint density at radius 1 is 0.875 bits per heavy atom. The van der Waals surface area contributed by atoms with Crippen LogP contribution in [-0.4, -0.2) is 88.7 Å². The van der Waals surface area contributed by atoms with Crippen LogP contribution in [-0.2, 0) is 0 Å². The average Bonchev–Trinajstić information content (AvgIpc) is 1.98. The van der Waals surface area contributed by atoms with Gasteiger partial charge >= 0.3 is 0 Å². The Balaban J connectivity index is -0.000000179. The first-order valence-corrected chi connectivity index (χ1v) is 4.35. The molecule has 0 aromatic carbocycles. The molecule has 4 radical (unpaired) electrons. The zero-order valence-electron chi connectivity index (χ0n) is 10.2. The fraction of sp³-hybridized carbons (Fsp3) is 0.750. The molecule has 16 heavy (non-hydrogen) atoms. The van der Waals surface area contributed by atoms with E-state index in [-0.39, 0.29) is 0 Å². The predicted molar refractivity (Wildman–Crippen MR) is 64.7 cm³/mol. The molecular weight excluding hydrogens is 210 g/mol. The lowest BCUT2D eigenvalue weighted by molar-refractivity contribution is 0.219. The largest absolute Gasteiger partial charge is 0.490 e. The van der Waals surface area contributed by atoms with Crippen molar-refractivity contribution in [1.29, 1.82) is 0 Å². The lowest BCUT2D eigenvalue weighted by Gasteiger charge is -2.13. The van der Waals surface area contributed by atoms with Crippen molar-refractivity contribution in [3.63, 3.8) is 0 Å².